The lowest BCUT2D eigenvalue weighted by molar-refractivity contribution is 0.153. The van der Waals surface area contributed by atoms with Crippen LogP contribution in [0, 0.1) is 0 Å². The fraction of sp³-hybridized carbons (Fsp3) is 0.538. The van der Waals surface area contributed by atoms with Gasteiger partial charge in [0.05, 0.1) is 19.8 Å². The summed E-state index contributed by atoms with van der Waals surface area (Å²) in [6.45, 7) is 2.79. The summed E-state index contributed by atoms with van der Waals surface area (Å²) in [7, 11) is 0. The average Bonchev–Trinajstić information content (AvgIpc) is 2.37. The zero-order chi connectivity index (χ0) is 13.2. The molecule has 0 aliphatic carbocycles. The molecule has 1 aromatic carbocycles. The first kappa shape index (κ1) is 15.2. The Morgan fingerprint density at radius 3 is 2.17 bits per heavy atom. The topological polar surface area (TPSA) is 52.9 Å². The largest absolute Gasteiger partial charge is 0.494 e. The van der Waals surface area contributed by atoms with Crippen LogP contribution in [-0.4, -0.2) is 54.6 Å². The van der Waals surface area contributed by atoms with Crippen LogP contribution in [0.1, 0.15) is 6.42 Å². The molecule has 0 saturated heterocycles. The summed E-state index contributed by atoms with van der Waals surface area (Å²) in [5.74, 6) is 0.801. The third-order valence-corrected chi connectivity index (χ3v) is 2.79. The molecule has 1 aromatic rings. The Hall–Kier alpha value is -0.810. The zero-order valence-corrected chi connectivity index (χ0v) is 11.1. The first-order valence-electron chi connectivity index (χ1n) is 6.08. The molecule has 0 heterocycles. The lowest BCUT2D eigenvalue weighted by Crippen LogP contribution is -2.31. The van der Waals surface area contributed by atoms with E-state index in [9.17, 15) is 0 Å². The van der Waals surface area contributed by atoms with Crippen LogP contribution in [0.4, 0.5) is 0 Å². The SMILES string of the molecule is OCCN(CCO)CCCOc1ccc(Cl)cc1. The number of ether oxygens (including phenoxy) is 1. The van der Waals surface area contributed by atoms with E-state index in [2.05, 4.69) is 0 Å². The van der Waals surface area contributed by atoms with Crippen LogP contribution in [-0.2, 0) is 0 Å². The number of rotatable bonds is 9. The van der Waals surface area contributed by atoms with Crippen molar-refractivity contribution in [3.8, 4) is 5.75 Å². The summed E-state index contributed by atoms with van der Waals surface area (Å²) >= 11 is 5.77. The smallest absolute Gasteiger partial charge is 0.119 e. The molecule has 0 fully saturated rings. The van der Waals surface area contributed by atoms with Crippen LogP contribution in [0.5, 0.6) is 5.75 Å². The van der Waals surface area contributed by atoms with Crippen molar-refractivity contribution in [3.63, 3.8) is 0 Å². The van der Waals surface area contributed by atoms with Gasteiger partial charge < -0.3 is 14.9 Å². The molecule has 4 nitrogen and oxygen atoms in total. The molecule has 0 atom stereocenters. The third kappa shape index (κ3) is 6.21. The van der Waals surface area contributed by atoms with E-state index in [1.54, 1.807) is 12.1 Å². The maximum absolute atomic E-state index is 8.86. The second kappa shape index (κ2) is 9.16. The Labute approximate surface area is 113 Å². The summed E-state index contributed by atoms with van der Waals surface area (Å²) in [4.78, 5) is 2.01. The first-order valence-corrected chi connectivity index (χ1v) is 6.46. The first-order chi connectivity index (χ1) is 8.76. The van der Waals surface area contributed by atoms with Crippen LogP contribution >= 0.6 is 11.6 Å². The Bertz CT molecular complexity index is 313. The van der Waals surface area contributed by atoms with E-state index in [1.165, 1.54) is 0 Å². The molecule has 18 heavy (non-hydrogen) atoms. The molecule has 0 unspecified atom stereocenters. The predicted molar refractivity (Wildman–Crippen MR) is 72.2 cm³/mol. The van der Waals surface area contributed by atoms with E-state index in [0.29, 0.717) is 24.7 Å². The van der Waals surface area contributed by atoms with Gasteiger partial charge in [0.2, 0.25) is 0 Å². The molecule has 0 aliphatic rings. The Morgan fingerprint density at radius 2 is 1.61 bits per heavy atom. The van der Waals surface area contributed by atoms with Crippen molar-refractivity contribution in [2.45, 2.75) is 6.42 Å². The molecule has 0 amide bonds. The normalized spacial score (nSPS) is 10.9. The standard InChI is InChI=1S/C13H20ClNO3/c14-12-2-4-13(5-3-12)18-11-1-6-15(7-9-16)8-10-17/h2-5,16-17H,1,6-11H2. The number of halogens is 1. The van der Waals surface area contributed by atoms with Crippen LogP contribution in [0.15, 0.2) is 24.3 Å². The van der Waals surface area contributed by atoms with Crippen molar-refractivity contribution in [2.24, 2.45) is 0 Å². The quantitative estimate of drug-likeness (QED) is 0.668. The Balaban J connectivity index is 2.18. The maximum Gasteiger partial charge on any atom is 0.119 e. The van der Waals surface area contributed by atoms with Crippen molar-refractivity contribution >= 4 is 11.6 Å². The number of nitrogens with zero attached hydrogens (tertiary/aromatic N) is 1. The average molecular weight is 274 g/mol. The second-order valence-electron chi connectivity index (χ2n) is 3.94. The Kier molecular flexibility index (Phi) is 7.76. The minimum atomic E-state index is 0.109. The fourth-order valence-corrected chi connectivity index (χ4v) is 1.75. The molecule has 2 N–H and O–H groups in total. The second-order valence-corrected chi connectivity index (χ2v) is 4.38. The molecule has 0 aromatic heterocycles. The molecule has 0 bridgehead atoms. The Morgan fingerprint density at radius 1 is 1.00 bits per heavy atom. The van der Waals surface area contributed by atoms with Gasteiger partial charge in [0.15, 0.2) is 0 Å². The molecule has 102 valence electrons. The minimum Gasteiger partial charge on any atom is -0.494 e. The predicted octanol–water partition coefficient (Wildman–Crippen LogP) is 1.40. The van der Waals surface area contributed by atoms with E-state index >= 15 is 0 Å². The monoisotopic (exact) mass is 273 g/mol. The van der Waals surface area contributed by atoms with E-state index in [-0.39, 0.29) is 13.2 Å². The lowest BCUT2D eigenvalue weighted by atomic mass is 10.3. The highest BCUT2D eigenvalue weighted by Gasteiger charge is 2.03. The van der Waals surface area contributed by atoms with E-state index in [4.69, 9.17) is 26.6 Å². The molecular weight excluding hydrogens is 254 g/mol. The van der Waals surface area contributed by atoms with E-state index < -0.39 is 0 Å². The van der Waals surface area contributed by atoms with E-state index in [1.807, 2.05) is 17.0 Å². The van der Waals surface area contributed by atoms with Crippen molar-refractivity contribution in [1.82, 2.24) is 4.90 Å². The van der Waals surface area contributed by atoms with Crippen LogP contribution in [0.3, 0.4) is 0 Å². The number of hydrogen-bond donors (Lipinski definition) is 2. The molecule has 0 aliphatic heterocycles. The van der Waals surface area contributed by atoms with Crippen LogP contribution in [0.25, 0.3) is 0 Å². The summed E-state index contributed by atoms with van der Waals surface area (Å²) in [6.07, 6.45) is 0.850. The van der Waals surface area contributed by atoms with Crippen LogP contribution < -0.4 is 4.74 Å². The molecule has 1 rings (SSSR count). The number of hydrogen-bond acceptors (Lipinski definition) is 4. The highest BCUT2D eigenvalue weighted by Crippen LogP contribution is 2.15. The van der Waals surface area contributed by atoms with Gasteiger partial charge in [0, 0.05) is 24.7 Å². The number of aliphatic hydroxyl groups excluding tert-OH is 2. The van der Waals surface area contributed by atoms with Crippen molar-refractivity contribution in [3.05, 3.63) is 29.3 Å². The van der Waals surface area contributed by atoms with Gasteiger partial charge in [0.25, 0.3) is 0 Å². The van der Waals surface area contributed by atoms with Crippen molar-refractivity contribution in [2.75, 3.05) is 39.5 Å². The summed E-state index contributed by atoms with van der Waals surface area (Å²) in [5, 5.41) is 18.4. The van der Waals surface area contributed by atoms with Gasteiger partial charge in [-0.05, 0) is 30.7 Å². The molecule has 0 spiro atoms. The summed E-state index contributed by atoms with van der Waals surface area (Å²) in [5.41, 5.74) is 0. The fourth-order valence-electron chi connectivity index (χ4n) is 1.63. The molecule has 0 saturated carbocycles. The minimum absolute atomic E-state index is 0.109. The molecular formula is C13H20ClNO3. The van der Waals surface area contributed by atoms with Crippen molar-refractivity contribution < 1.29 is 14.9 Å². The van der Waals surface area contributed by atoms with Crippen LogP contribution in [0.2, 0.25) is 5.02 Å². The van der Waals surface area contributed by atoms with Gasteiger partial charge in [-0.3, -0.25) is 4.90 Å². The highest BCUT2D eigenvalue weighted by molar-refractivity contribution is 6.30. The van der Waals surface area contributed by atoms with Gasteiger partial charge >= 0.3 is 0 Å². The summed E-state index contributed by atoms with van der Waals surface area (Å²) < 4.78 is 5.56. The number of benzene rings is 1. The van der Waals surface area contributed by atoms with Crippen molar-refractivity contribution in [1.29, 1.82) is 0 Å². The van der Waals surface area contributed by atoms with Gasteiger partial charge in [-0.2, -0.15) is 0 Å². The lowest BCUT2D eigenvalue weighted by Gasteiger charge is -2.19. The van der Waals surface area contributed by atoms with Gasteiger partial charge in [0.1, 0.15) is 5.75 Å². The maximum atomic E-state index is 8.86. The highest BCUT2D eigenvalue weighted by atomic mass is 35.5. The van der Waals surface area contributed by atoms with Gasteiger partial charge in [-0.1, -0.05) is 11.6 Å². The molecule has 5 heteroatoms. The summed E-state index contributed by atoms with van der Waals surface area (Å²) in [6, 6.07) is 7.25. The zero-order valence-electron chi connectivity index (χ0n) is 10.4. The van der Waals surface area contributed by atoms with Gasteiger partial charge in [-0.15, -0.1) is 0 Å². The third-order valence-electron chi connectivity index (χ3n) is 2.53. The van der Waals surface area contributed by atoms with E-state index in [0.717, 1.165) is 18.7 Å². The van der Waals surface area contributed by atoms with Gasteiger partial charge in [-0.25, -0.2) is 0 Å². The molecule has 0 radical (unpaired) electrons. The number of aliphatic hydroxyl groups is 2.